The molecule has 19 heavy (non-hydrogen) atoms. The summed E-state index contributed by atoms with van der Waals surface area (Å²) in [4.78, 5) is 14.2. The topological polar surface area (TPSA) is 53.1 Å². The van der Waals surface area contributed by atoms with E-state index in [9.17, 15) is 23.1 Å². The fourth-order valence-corrected chi connectivity index (χ4v) is 1.76. The molecule has 3 nitrogen and oxygen atoms in total. The van der Waals surface area contributed by atoms with E-state index in [0.717, 1.165) is 12.1 Å². The molecule has 0 atom stereocenters. The minimum Gasteiger partial charge on any atom is -0.507 e. The maximum Gasteiger partial charge on any atom is 0.416 e. The van der Waals surface area contributed by atoms with Crippen molar-refractivity contribution < 1.29 is 18.3 Å². The monoisotopic (exact) mass is 269 g/mol. The first kappa shape index (κ1) is 13.2. The van der Waals surface area contributed by atoms with Crippen molar-refractivity contribution in [3.63, 3.8) is 0 Å². The summed E-state index contributed by atoms with van der Waals surface area (Å²) in [5.74, 6) is -0.531. The van der Waals surface area contributed by atoms with Gasteiger partial charge in [0.2, 0.25) is 0 Å². The van der Waals surface area contributed by atoms with Gasteiger partial charge in [0.25, 0.3) is 0 Å². The summed E-state index contributed by atoms with van der Waals surface area (Å²) in [5, 5.41) is 9.67. The van der Waals surface area contributed by atoms with E-state index in [2.05, 4.69) is 4.98 Å². The van der Waals surface area contributed by atoms with Crippen LogP contribution in [0.5, 0.6) is 5.75 Å². The largest absolute Gasteiger partial charge is 0.507 e. The molecular formula is C13H10F3NO2. The standard InChI is InChI=1S/C13H10F3NO2/c1-7-4-9(18)6-11(17-7)10-3-2-8(5-12(10)19)13(14,15)16/h2-6,19H,1H3,(H,17,18). The molecule has 0 bridgehead atoms. The lowest BCUT2D eigenvalue weighted by Crippen LogP contribution is -2.05. The van der Waals surface area contributed by atoms with Gasteiger partial charge >= 0.3 is 6.18 Å². The molecule has 1 aromatic carbocycles. The van der Waals surface area contributed by atoms with Crippen LogP contribution in [0.1, 0.15) is 11.3 Å². The molecular weight excluding hydrogens is 259 g/mol. The Labute approximate surface area is 106 Å². The average Bonchev–Trinajstić information content (AvgIpc) is 2.26. The molecule has 1 aromatic heterocycles. The highest BCUT2D eigenvalue weighted by atomic mass is 19.4. The summed E-state index contributed by atoms with van der Waals surface area (Å²) in [6.07, 6.45) is -4.52. The Morgan fingerprint density at radius 2 is 1.84 bits per heavy atom. The zero-order valence-corrected chi connectivity index (χ0v) is 9.88. The van der Waals surface area contributed by atoms with Crippen molar-refractivity contribution in [2.24, 2.45) is 0 Å². The van der Waals surface area contributed by atoms with Gasteiger partial charge in [-0.2, -0.15) is 13.2 Å². The summed E-state index contributed by atoms with van der Waals surface area (Å²) in [6, 6.07) is 5.19. The molecule has 0 spiro atoms. The van der Waals surface area contributed by atoms with Gasteiger partial charge in [-0.15, -0.1) is 0 Å². The number of alkyl halides is 3. The minimum atomic E-state index is -4.52. The van der Waals surface area contributed by atoms with E-state index in [0.29, 0.717) is 11.8 Å². The van der Waals surface area contributed by atoms with Gasteiger partial charge < -0.3 is 10.1 Å². The Morgan fingerprint density at radius 3 is 2.37 bits per heavy atom. The molecule has 1 heterocycles. The molecule has 0 amide bonds. The van der Waals surface area contributed by atoms with E-state index in [-0.39, 0.29) is 16.7 Å². The molecule has 100 valence electrons. The third-order valence-corrected chi connectivity index (χ3v) is 2.59. The van der Waals surface area contributed by atoms with Gasteiger partial charge in [0.05, 0.1) is 11.3 Å². The lowest BCUT2D eigenvalue weighted by Gasteiger charge is -2.10. The Bertz CT molecular complexity index is 674. The Kier molecular flexibility index (Phi) is 3.09. The third-order valence-electron chi connectivity index (χ3n) is 2.59. The number of hydrogen-bond acceptors (Lipinski definition) is 2. The highest BCUT2D eigenvalue weighted by Crippen LogP contribution is 2.35. The zero-order valence-electron chi connectivity index (χ0n) is 9.88. The van der Waals surface area contributed by atoms with Crippen LogP contribution in [0.3, 0.4) is 0 Å². The summed E-state index contributed by atoms with van der Waals surface area (Å²) in [6.45, 7) is 1.64. The van der Waals surface area contributed by atoms with Crippen LogP contribution in [-0.2, 0) is 6.18 Å². The van der Waals surface area contributed by atoms with Crippen molar-refractivity contribution >= 4 is 0 Å². The Morgan fingerprint density at radius 1 is 1.16 bits per heavy atom. The molecule has 6 heteroatoms. The highest BCUT2D eigenvalue weighted by Gasteiger charge is 2.31. The van der Waals surface area contributed by atoms with Gasteiger partial charge in [-0.25, -0.2) is 0 Å². The van der Waals surface area contributed by atoms with Crippen molar-refractivity contribution in [3.05, 3.63) is 51.8 Å². The molecule has 0 unspecified atom stereocenters. The van der Waals surface area contributed by atoms with Crippen LogP contribution in [-0.4, -0.2) is 10.1 Å². The van der Waals surface area contributed by atoms with Crippen LogP contribution in [0.2, 0.25) is 0 Å². The molecule has 2 rings (SSSR count). The maximum absolute atomic E-state index is 12.5. The first-order valence-corrected chi connectivity index (χ1v) is 5.39. The first-order valence-electron chi connectivity index (χ1n) is 5.39. The average molecular weight is 269 g/mol. The van der Waals surface area contributed by atoms with Crippen LogP contribution in [0.15, 0.2) is 35.1 Å². The molecule has 2 N–H and O–H groups in total. The third kappa shape index (κ3) is 2.78. The van der Waals surface area contributed by atoms with Crippen LogP contribution in [0.25, 0.3) is 11.3 Å². The normalized spacial score (nSPS) is 11.6. The summed E-state index contributed by atoms with van der Waals surface area (Å²) >= 11 is 0. The van der Waals surface area contributed by atoms with Crippen molar-refractivity contribution in [2.45, 2.75) is 13.1 Å². The second kappa shape index (κ2) is 4.46. The van der Waals surface area contributed by atoms with Crippen molar-refractivity contribution in [2.75, 3.05) is 0 Å². The van der Waals surface area contributed by atoms with Crippen LogP contribution in [0, 0.1) is 6.92 Å². The van der Waals surface area contributed by atoms with E-state index in [1.165, 1.54) is 12.1 Å². The van der Waals surface area contributed by atoms with Gasteiger partial charge in [0, 0.05) is 23.4 Å². The number of aromatic hydroxyl groups is 1. The van der Waals surface area contributed by atoms with E-state index in [1.54, 1.807) is 6.92 Å². The smallest absolute Gasteiger partial charge is 0.416 e. The van der Waals surface area contributed by atoms with E-state index in [4.69, 9.17) is 0 Å². The predicted molar refractivity (Wildman–Crippen MR) is 63.9 cm³/mol. The first-order chi connectivity index (χ1) is 8.77. The minimum absolute atomic E-state index is 0.147. The molecule has 0 saturated carbocycles. The number of rotatable bonds is 1. The highest BCUT2D eigenvalue weighted by molar-refractivity contribution is 5.67. The Hall–Kier alpha value is -2.24. The quantitative estimate of drug-likeness (QED) is 0.835. The lowest BCUT2D eigenvalue weighted by molar-refractivity contribution is -0.137. The van der Waals surface area contributed by atoms with E-state index >= 15 is 0 Å². The molecule has 0 aliphatic rings. The van der Waals surface area contributed by atoms with Crippen LogP contribution >= 0.6 is 0 Å². The van der Waals surface area contributed by atoms with Gasteiger partial charge in [0.1, 0.15) is 5.75 Å². The number of halogens is 3. The number of pyridine rings is 1. The number of hydrogen-bond donors (Lipinski definition) is 2. The number of aromatic amines is 1. The van der Waals surface area contributed by atoms with Crippen molar-refractivity contribution in [1.29, 1.82) is 0 Å². The summed E-state index contributed by atoms with van der Waals surface area (Å²) in [7, 11) is 0. The van der Waals surface area contributed by atoms with Crippen LogP contribution < -0.4 is 5.43 Å². The SMILES string of the molecule is Cc1cc(=O)cc(-c2ccc(C(F)(F)F)cc2O)[nH]1. The number of aromatic nitrogens is 1. The molecule has 0 fully saturated rings. The fraction of sp³-hybridized carbons (Fsp3) is 0.154. The second-order valence-corrected chi connectivity index (χ2v) is 4.14. The number of phenols is 1. The van der Waals surface area contributed by atoms with Gasteiger partial charge in [-0.05, 0) is 25.1 Å². The maximum atomic E-state index is 12.5. The number of nitrogens with one attached hydrogen (secondary N) is 1. The number of H-pyrrole nitrogens is 1. The number of aryl methyl sites for hydroxylation is 1. The number of benzene rings is 1. The van der Waals surface area contributed by atoms with E-state index < -0.39 is 17.5 Å². The molecule has 0 saturated heterocycles. The predicted octanol–water partition coefficient (Wildman–Crippen LogP) is 3.07. The summed E-state index contributed by atoms with van der Waals surface area (Å²) in [5.41, 5.74) is -0.249. The van der Waals surface area contributed by atoms with Gasteiger partial charge in [0.15, 0.2) is 5.43 Å². The molecule has 0 aliphatic heterocycles. The number of phenolic OH excluding ortho intramolecular Hbond substituents is 1. The second-order valence-electron chi connectivity index (χ2n) is 4.14. The zero-order chi connectivity index (χ0) is 14.2. The van der Waals surface area contributed by atoms with Gasteiger partial charge in [-0.1, -0.05) is 0 Å². The lowest BCUT2D eigenvalue weighted by atomic mass is 10.1. The van der Waals surface area contributed by atoms with Crippen molar-refractivity contribution in [3.8, 4) is 17.0 Å². The van der Waals surface area contributed by atoms with Crippen LogP contribution in [0.4, 0.5) is 13.2 Å². The van der Waals surface area contributed by atoms with Gasteiger partial charge in [-0.3, -0.25) is 4.79 Å². The molecule has 0 radical (unpaired) electrons. The molecule has 2 aromatic rings. The molecule has 0 aliphatic carbocycles. The van der Waals surface area contributed by atoms with Crippen molar-refractivity contribution in [1.82, 2.24) is 4.98 Å². The summed E-state index contributed by atoms with van der Waals surface area (Å²) < 4.78 is 37.4. The fourth-order valence-electron chi connectivity index (χ4n) is 1.76. The Balaban J connectivity index is 2.55. The van der Waals surface area contributed by atoms with E-state index in [1.807, 2.05) is 0 Å².